The molecule has 1 aromatic heterocycles. The molecular weight excluding hydrogens is 343 g/mol. The molecule has 142 valence electrons. The van der Waals surface area contributed by atoms with Gasteiger partial charge >= 0.3 is 0 Å². The minimum Gasteiger partial charge on any atom is -0.392 e. The number of aliphatic hydroxyl groups excluding tert-OH is 1. The fourth-order valence-electron chi connectivity index (χ4n) is 3.06. The van der Waals surface area contributed by atoms with Crippen LogP contribution >= 0.6 is 0 Å². The van der Waals surface area contributed by atoms with Gasteiger partial charge in [-0.15, -0.1) is 0 Å². The third-order valence-electron chi connectivity index (χ3n) is 4.51. The second kappa shape index (κ2) is 9.19. The van der Waals surface area contributed by atoms with Gasteiger partial charge in [0.2, 0.25) is 0 Å². The zero-order chi connectivity index (χ0) is 19.1. The highest BCUT2D eigenvalue weighted by atomic mass is 19.1. The third-order valence-corrected chi connectivity index (χ3v) is 4.51. The lowest BCUT2D eigenvalue weighted by molar-refractivity contribution is 0.275. The maximum absolute atomic E-state index is 13.4. The first-order valence-corrected chi connectivity index (χ1v) is 9.08. The number of aliphatic imine (C=N–C) groups is 1. The molecule has 0 atom stereocenters. The lowest BCUT2D eigenvalue weighted by Crippen LogP contribution is -2.37. The van der Waals surface area contributed by atoms with Gasteiger partial charge in [0.1, 0.15) is 5.82 Å². The van der Waals surface area contributed by atoms with Crippen LogP contribution in [0, 0.1) is 5.82 Å². The lowest BCUT2D eigenvalue weighted by atomic mass is 10.1. The summed E-state index contributed by atoms with van der Waals surface area (Å²) in [5.41, 5.74) is 2.44. The summed E-state index contributed by atoms with van der Waals surface area (Å²) in [4.78, 5) is 4.21. The number of hydrogen-bond donors (Lipinski definition) is 3. The zero-order valence-corrected chi connectivity index (χ0v) is 15.5. The van der Waals surface area contributed by atoms with Gasteiger partial charge in [-0.05, 0) is 41.6 Å². The first kappa shape index (κ1) is 18.9. The molecule has 0 aliphatic rings. The van der Waals surface area contributed by atoms with Crippen molar-refractivity contribution in [3.05, 3.63) is 71.7 Å². The van der Waals surface area contributed by atoms with Crippen LogP contribution in [0.15, 0.2) is 59.7 Å². The van der Waals surface area contributed by atoms with E-state index in [2.05, 4.69) is 56.7 Å². The molecule has 0 radical (unpaired) electrons. The third kappa shape index (κ3) is 4.86. The van der Waals surface area contributed by atoms with Gasteiger partial charge in [0, 0.05) is 44.0 Å². The van der Waals surface area contributed by atoms with Gasteiger partial charge in [0.25, 0.3) is 0 Å². The molecule has 2 aromatic carbocycles. The van der Waals surface area contributed by atoms with Gasteiger partial charge in [-0.2, -0.15) is 0 Å². The van der Waals surface area contributed by atoms with Crippen LogP contribution in [0.1, 0.15) is 17.5 Å². The van der Waals surface area contributed by atoms with Crippen molar-refractivity contribution in [1.29, 1.82) is 0 Å². The molecule has 27 heavy (non-hydrogen) atoms. The Morgan fingerprint density at radius 2 is 2.00 bits per heavy atom. The van der Waals surface area contributed by atoms with E-state index in [1.54, 1.807) is 19.2 Å². The summed E-state index contributed by atoms with van der Waals surface area (Å²) in [5.74, 6) is 0.309. The summed E-state index contributed by atoms with van der Waals surface area (Å²) >= 11 is 0. The maximum atomic E-state index is 13.4. The highest BCUT2D eigenvalue weighted by molar-refractivity contribution is 5.80. The summed E-state index contributed by atoms with van der Waals surface area (Å²) in [6.45, 7) is 1.92. The monoisotopic (exact) mass is 368 g/mol. The Hall–Kier alpha value is -2.86. The van der Waals surface area contributed by atoms with Gasteiger partial charge in [0.05, 0.1) is 6.61 Å². The van der Waals surface area contributed by atoms with Crippen molar-refractivity contribution in [3.63, 3.8) is 0 Å². The van der Waals surface area contributed by atoms with Crippen molar-refractivity contribution in [3.8, 4) is 0 Å². The van der Waals surface area contributed by atoms with Gasteiger partial charge in [0.15, 0.2) is 5.96 Å². The Kier molecular flexibility index (Phi) is 6.44. The van der Waals surface area contributed by atoms with Crippen LogP contribution in [0.2, 0.25) is 0 Å². The first-order valence-electron chi connectivity index (χ1n) is 9.08. The van der Waals surface area contributed by atoms with Crippen LogP contribution in [-0.4, -0.2) is 29.2 Å². The predicted molar refractivity (Wildman–Crippen MR) is 107 cm³/mol. The van der Waals surface area contributed by atoms with Crippen LogP contribution in [-0.2, 0) is 19.7 Å². The van der Waals surface area contributed by atoms with E-state index >= 15 is 0 Å². The van der Waals surface area contributed by atoms with Crippen LogP contribution in [0.5, 0.6) is 0 Å². The Morgan fingerprint density at radius 1 is 1.15 bits per heavy atom. The average Bonchev–Trinajstić information content (AvgIpc) is 3.11. The molecule has 1 heterocycles. The number of halogens is 1. The number of nitrogens with zero attached hydrogens (tertiary/aromatic N) is 2. The SMILES string of the molecule is CN=C(NCCCn1ccc2ccccc21)NCc1ccc(F)c(CO)c1. The number of aliphatic hydroxyl groups is 1. The Labute approximate surface area is 158 Å². The highest BCUT2D eigenvalue weighted by Gasteiger charge is 2.04. The van der Waals surface area contributed by atoms with E-state index < -0.39 is 0 Å². The molecular formula is C21H25FN4O. The number of rotatable bonds is 7. The molecule has 0 aliphatic heterocycles. The van der Waals surface area contributed by atoms with Gasteiger partial charge in [-0.25, -0.2) is 4.39 Å². The van der Waals surface area contributed by atoms with E-state index in [0.29, 0.717) is 18.1 Å². The van der Waals surface area contributed by atoms with Crippen molar-refractivity contribution >= 4 is 16.9 Å². The second-order valence-corrected chi connectivity index (χ2v) is 6.36. The highest BCUT2D eigenvalue weighted by Crippen LogP contribution is 2.15. The minimum absolute atomic E-state index is 0.302. The number of hydrogen-bond acceptors (Lipinski definition) is 2. The van der Waals surface area contributed by atoms with E-state index in [4.69, 9.17) is 5.11 Å². The standard InChI is InChI=1S/C21H25FN4O/c1-23-21(25-14-16-7-8-19(22)18(13-16)15-27)24-10-4-11-26-12-9-17-5-2-3-6-20(17)26/h2-3,5-9,12-13,27H,4,10-11,14-15H2,1H3,(H2,23,24,25). The summed E-state index contributed by atoms with van der Waals surface area (Å²) in [5, 5.41) is 16.9. The predicted octanol–water partition coefficient (Wildman–Crippen LogP) is 3.03. The molecule has 0 unspecified atom stereocenters. The molecule has 0 fully saturated rings. The number of benzene rings is 2. The molecule has 0 saturated heterocycles. The lowest BCUT2D eigenvalue weighted by Gasteiger charge is -2.13. The maximum Gasteiger partial charge on any atom is 0.191 e. The Bertz CT molecular complexity index is 919. The minimum atomic E-state index is -0.388. The zero-order valence-electron chi connectivity index (χ0n) is 15.5. The average molecular weight is 368 g/mol. The second-order valence-electron chi connectivity index (χ2n) is 6.36. The number of fused-ring (bicyclic) bond motifs is 1. The van der Waals surface area contributed by atoms with Crippen LogP contribution in [0.25, 0.3) is 10.9 Å². The molecule has 5 nitrogen and oxygen atoms in total. The summed E-state index contributed by atoms with van der Waals surface area (Å²) < 4.78 is 15.7. The van der Waals surface area contributed by atoms with Crippen molar-refractivity contribution in [2.45, 2.75) is 26.1 Å². The van der Waals surface area contributed by atoms with Crippen molar-refractivity contribution in [1.82, 2.24) is 15.2 Å². The first-order chi connectivity index (χ1) is 13.2. The summed E-state index contributed by atoms with van der Waals surface area (Å²) in [6.07, 6.45) is 3.08. The number of para-hydroxylation sites is 1. The van der Waals surface area contributed by atoms with E-state index in [9.17, 15) is 4.39 Å². The molecule has 0 aliphatic carbocycles. The fraction of sp³-hybridized carbons (Fsp3) is 0.286. The largest absolute Gasteiger partial charge is 0.392 e. The quantitative estimate of drug-likeness (QED) is 0.341. The topological polar surface area (TPSA) is 61.6 Å². The van der Waals surface area contributed by atoms with E-state index in [1.165, 1.54) is 17.0 Å². The van der Waals surface area contributed by atoms with Crippen LogP contribution < -0.4 is 10.6 Å². The molecule has 3 rings (SSSR count). The van der Waals surface area contributed by atoms with Crippen molar-refractivity contribution in [2.75, 3.05) is 13.6 Å². The van der Waals surface area contributed by atoms with Gasteiger partial charge in [-0.3, -0.25) is 4.99 Å². The number of guanidine groups is 1. The smallest absolute Gasteiger partial charge is 0.191 e. The molecule has 0 saturated carbocycles. The molecule has 3 aromatic rings. The summed E-state index contributed by atoms with van der Waals surface area (Å²) in [6, 6.07) is 15.2. The van der Waals surface area contributed by atoms with Crippen molar-refractivity contribution in [2.24, 2.45) is 4.99 Å². The number of aryl methyl sites for hydroxylation is 1. The van der Waals surface area contributed by atoms with E-state index in [-0.39, 0.29) is 12.4 Å². The van der Waals surface area contributed by atoms with Gasteiger partial charge in [-0.1, -0.05) is 24.3 Å². The normalized spacial score (nSPS) is 11.7. The molecule has 6 heteroatoms. The summed E-state index contributed by atoms with van der Waals surface area (Å²) in [7, 11) is 1.72. The van der Waals surface area contributed by atoms with Crippen molar-refractivity contribution < 1.29 is 9.50 Å². The Morgan fingerprint density at radius 3 is 2.81 bits per heavy atom. The Balaban J connectivity index is 1.45. The number of aromatic nitrogens is 1. The van der Waals surface area contributed by atoms with E-state index in [1.807, 2.05) is 0 Å². The van der Waals surface area contributed by atoms with Crippen LogP contribution in [0.3, 0.4) is 0 Å². The van der Waals surface area contributed by atoms with Gasteiger partial charge < -0.3 is 20.3 Å². The molecule has 0 amide bonds. The van der Waals surface area contributed by atoms with E-state index in [0.717, 1.165) is 25.1 Å². The number of nitrogens with one attached hydrogen (secondary N) is 2. The molecule has 0 bridgehead atoms. The molecule has 3 N–H and O–H groups in total. The van der Waals surface area contributed by atoms with Crippen LogP contribution in [0.4, 0.5) is 4.39 Å². The molecule has 0 spiro atoms. The fourth-order valence-corrected chi connectivity index (χ4v) is 3.06.